The number of thioether (sulfide) groups is 1. The fraction of sp³-hybridized carbons (Fsp3) is 0.278. The van der Waals surface area contributed by atoms with Gasteiger partial charge in [-0.3, -0.25) is 4.79 Å². The number of hydrogen-bond donors (Lipinski definition) is 0. The van der Waals surface area contributed by atoms with Crippen LogP contribution >= 0.6 is 11.8 Å². The van der Waals surface area contributed by atoms with Crippen molar-refractivity contribution in [3.05, 3.63) is 65.5 Å². The van der Waals surface area contributed by atoms with E-state index in [0.717, 1.165) is 25.1 Å². The molecule has 0 spiro atoms. The number of halogens is 1. The van der Waals surface area contributed by atoms with E-state index in [2.05, 4.69) is 6.07 Å². The zero-order chi connectivity index (χ0) is 15.4. The lowest BCUT2D eigenvalue weighted by Crippen LogP contribution is -2.36. The summed E-state index contributed by atoms with van der Waals surface area (Å²) >= 11 is 1.47. The van der Waals surface area contributed by atoms with E-state index in [1.807, 2.05) is 29.2 Å². The van der Waals surface area contributed by atoms with E-state index >= 15 is 0 Å². The number of aryl methyl sites for hydroxylation is 1. The van der Waals surface area contributed by atoms with Crippen molar-refractivity contribution in [1.82, 2.24) is 0 Å². The number of fused-ring (bicyclic) bond motifs is 1. The van der Waals surface area contributed by atoms with Crippen molar-refractivity contribution < 1.29 is 9.18 Å². The van der Waals surface area contributed by atoms with Crippen LogP contribution in [-0.2, 0) is 17.0 Å². The Hall–Kier alpha value is -1.81. The van der Waals surface area contributed by atoms with Crippen LogP contribution in [0.3, 0.4) is 0 Å². The normalized spacial score (nSPS) is 13.8. The quantitative estimate of drug-likeness (QED) is 0.849. The molecule has 0 saturated heterocycles. The summed E-state index contributed by atoms with van der Waals surface area (Å²) in [7, 11) is 0. The predicted molar refractivity (Wildman–Crippen MR) is 89.7 cm³/mol. The molecule has 0 N–H and O–H groups in total. The largest absolute Gasteiger partial charge is 0.311 e. The van der Waals surface area contributed by atoms with Gasteiger partial charge in [-0.1, -0.05) is 36.4 Å². The Morgan fingerprint density at radius 2 is 1.91 bits per heavy atom. The maximum Gasteiger partial charge on any atom is 0.236 e. The third kappa shape index (κ3) is 3.33. The van der Waals surface area contributed by atoms with Crippen molar-refractivity contribution in [2.75, 3.05) is 17.2 Å². The molecule has 2 nitrogen and oxygen atoms in total. The number of nitrogens with zero attached hydrogens (tertiary/aromatic N) is 1. The van der Waals surface area contributed by atoms with Gasteiger partial charge in [0.25, 0.3) is 0 Å². The summed E-state index contributed by atoms with van der Waals surface area (Å²) in [6, 6.07) is 14.8. The van der Waals surface area contributed by atoms with Crippen LogP contribution in [-0.4, -0.2) is 18.2 Å². The Morgan fingerprint density at radius 3 is 2.77 bits per heavy atom. The van der Waals surface area contributed by atoms with E-state index in [0.29, 0.717) is 17.1 Å². The molecule has 4 heteroatoms. The topological polar surface area (TPSA) is 20.3 Å². The zero-order valence-electron chi connectivity index (χ0n) is 12.3. The lowest BCUT2D eigenvalue weighted by molar-refractivity contribution is -0.116. The first-order chi connectivity index (χ1) is 10.8. The number of rotatable bonds is 4. The van der Waals surface area contributed by atoms with Crippen LogP contribution in [0.15, 0.2) is 48.5 Å². The maximum absolute atomic E-state index is 13.6. The Morgan fingerprint density at radius 1 is 1.14 bits per heavy atom. The molecule has 0 saturated carbocycles. The van der Waals surface area contributed by atoms with Gasteiger partial charge in [-0.2, -0.15) is 0 Å². The Kier molecular flexibility index (Phi) is 4.78. The molecule has 2 aromatic rings. The van der Waals surface area contributed by atoms with E-state index in [1.54, 1.807) is 12.1 Å². The molecule has 1 aliphatic rings. The molecular formula is C18H18FNOS. The summed E-state index contributed by atoms with van der Waals surface area (Å²) in [6.45, 7) is 0.774. The number of anilines is 1. The molecule has 114 valence electrons. The van der Waals surface area contributed by atoms with Gasteiger partial charge in [-0.15, -0.1) is 11.8 Å². The molecule has 1 heterocycles. The van der Waals surface area contributed by atoms with Crippen molar-refractivity contribution in [3.63, 3.8) is 0 Å². The SMILES string of the molecule is O=C(CSCc1ccccc1F)N1CCCc2ccccc21. The van der Waals surface area contributed by atoms with E-state index in [4.69, 9.17) is 0 Å². The molecule has 22 heavy (non-hydrogen) atoms. The number of hydrogen-bond acceptors (Lipinski definition) is 2. The molecule has 0 unspecified atom stereocenters. The van der Waals surface area contributed by atoms with Crippen molar-refractivity contribution >= 4 is 23.4 Å². The average Bonchev–Trinajstić information content (AvgIpc) is 2.56. The highest BCUT2D eigenvalue weighted by atomic mass is 32.2. The van der Waals surface area contributed by atoms with Crippen LogP contribution in [0.25, 0.3) is 0 Å². The third-order valence-corrected chi connectivity index (χ3v) is 4.82. The molecule has 0 radical (unpaired) electrons. The number of benzene rings is 2. The Balaban J connectivity index is 1.60. The van der Waals surface area contributed by atoms with E-state index in [9.17, 15) is 9.18 Å². The minimum Gasteiger partial charge on any atom is -0.311 e. The number of carbonyl (C=O) groups is 1. The zero-order valence-corrected chi connectivity index (χ0v) is 13.1. The number of amides is 1. The van der Waals surface area contributed by atoms with Crippen molar-refractivity contribution in [2.24, 2.45) is 0 Å². The van der Waals surface area contributed by atoms with Gasteiger partial charge in [0.2, 0.25) is 5.91 Å². The first-order valence-corrected chi connectivity index (χ1v) is 8.60. The third-order valence-electron chi connectivity index (χ3n) is 3.85. The van der Waals surface area contributed by atoms with Crippen LogP contribution in [0.5, 0.6) is 0 Å². The summed E-state index contributed by atoms with van der Waals surface area (Å²) < 4.78 is 13.6. The van der Waals surface area contributed by atoms with Crippen molar-refractivity contribution in [1.29, 1.82) is 0 Å². The van der Waals surface area contributed by atoms with Crippen LogP contribution in [0.4, 0.5) is 10.1 Å². The highest BCUT2D eigenvalue weighted by Gasteiger charge is 2.21. The second kappa shape index (κ2) is 6.97. The molecule has 2 aromatic carbocycles. The van der Waals surface area contributed by atoms with Gasteiger partial charge in [-0.25, -0.2) is 4.39 Å². The van der Waals surface area contributed by atoms with Crippen molar-refractivity contribution in [3.8, 4) is 0 Å². The predicted octanol–water partition coefficient (Wildman–Crippen LogP) is 4.04. The molecule has 3 rings (SSSR count). The lowest BCUT2D eigenvalue weighted by atomic mass is 10.0. The fourth-order valence-corrected chi connectivity index (χ4v) is 3.62. The molecule has 0 fully saturated rings. The van der Waals surface area contributed by atoms with Gasteiger partial charge in [0.15, 0.2) is 0 Å². The van der Waals surface area contributed by atoms with Gasteiger partial charge in [0.1, 0.15) is 5.82 Å². The van der Waals surface area contributed by atoms with E-state index in [1.165, 1.54) is 23.4 Å². The second-order valence-corrected chi connectivity index (χ2v) is 6.35. The fourth-order valence-electron chi connectivity index (χ4n) is 2.73. The molecule has 1 aliphatic heterocycles. The van der Waals surface area contributed by atoms with E-state index in [-0.39, 0.29) is 11.7 Å². The van der Waals surface area contributed by atoms with Crippen molar-refractivity contribution in [2.45, 2.75) is 18.6 Å². The van der Waals surface area contributed by atoms with Crippen LogP contribution in [0.1, 0.15) is 17.5 Å². The maximum atomic E-state index is 13.6. The molecule has 0 aromatic heterocycles. The summed E-state index contributed by atoms with van der Waals surface area (Å²) in [6.07, 6.45) is 2.03. The van der Waals surface area contributed by atoms with Gasteiger partial charge >= 0.3 is 0 Å². The first-order valence-electron chi connectivity index (χ1n) is 7.45. The van der Waals surface area contributed by atoms with Crippen LogP contribution in [0.2, 0.25) is 0 Å². The van der Waals surface area contributed by atoms with E-state index < -0.39 is 0 Å². The number of carbonyl (C=O) groups excluding carboxylic acids is 1. The van der Waals surface area contributed by atoms with Crippen LogP contribution in [0, 0.1) is 5.82 Å². The lowest BCUT2D eigenvalue weighted by Gasteiger charge is -2.29. The molecule has 0 atom stereocenters. The highest BCUT2D eigenvalue weighted by molar-refractivity contribution is 7.99. The van der Waals surface area contributed by atoms with Gasteiger partial charge in [0.05, 0.1) is 5.75 Å². The number of para-hydroxylation sites is 1. The molecule has 0 aliphatic carbocycles. The average molecular weight is 315 g/mol. The summed E-state index contributed by atoms with van der Waals surface area (Å²) in [4.78, 5) is 14.3. The van der Waals surface area contributed by atoms with Crippen LogP contribution < -0.4 is 4.90 Å². The summed E-state index contributed by atoms with van der Waals surface area (Å²) in [5.41, 5.74) is 2.92. The smallest absolute Gasteiger partial charge is 0.236 e. The Bertz CT molecular complexity index is 674. The minimum absolute atomic E-state index is 0.105. The summed E-state index contributed by atoms with van der Waals surface area (Å²) in [5, 5.41) is 0. The molecule has 0 bridgehead atoms. The first kappa shape index (κ1) is 15.1. The monoisotopic (exact) mass is 315 g/mol. The Labute approximate surface area is 134 Å². The highest BCUT2D eigenvalue weighted by Crippen LogP contribution is 2.27. The molecule has 1 amide bonds. The second-order valence-electron chi connectivity index (χ2n) is 5.36. The van der Waals surface area contributed by atoms with Gasteiger partial charge < -0.3 is 4.90 Å². The standard InChI is InChI=1S/C18H18FNOS/c19-16-9-3-1-7-15(16)12-22-13-18(21)20-11-5-8-14-6-2-4-10-17(14)20/h1-4,6-7,9-10H,5,8,11-13H2. The van der Waals surface area contributed by atoms with Gasteiger partial charge in [-0.05, 0) is 36.1 Å². The minimum atomic E-state index is -0.203. The van der Waals surface area contributed by atoms with Gasteiger partial charge in [0, 0.05) is 18.0 Å². The molecular weight excluding hydrogens is 297 g/mol. The summed E-state index contributed by atoms with van der Waals surface area (Å²) in [5.74, 6) is 0.801.